The number of likely N-dealkylation sites (tertiary alicyclic amines) is 2. The Hall–Kier alpha value is -1.31. The molecule has 0 spiro atoms. The minimum absolute atomic E-state index is 0.116. The summed E-state index contributed by atoms with van der Waals surface area (Å²) >= 11 is 0. The Morgan fingerprint density at radius 2 is 1.91 bits per heavy atom. The smallest absolute Gasteiger partial charge is 0.340 e. The van der Waals surface area contributed by atoms with Gasteiger partial charge in [0.2, 0.25) is 11.8 Å². The first kappa shape index (κ1) is 18.0. The van der Waals surface area contributed by atoms with Crippen molar-refractivity contribution in [1.29, 1.82) is 0 Å². The summed E-state index contributed by atoms with van der Waals surface area (Å²) in [5, 5.41) is 0. The van der Waals surface area contributed by atoms with Crippen LogP contribution in [-0.4, -0.2) is 79.0 Å². The number of nitrogens with zero attached hydrogens (tertiary/aromatic N) is 3. The van der Waals surface area contributed by atoms with Gasteiger partial charge < -0.3 is 14.7 Å². The molecule has 8 heteroatoms. The number of carbonyl (C=O) groups is 2. The second-order valence-corrected chi connectivity index (χ2v) is 6.73. The Bertz CT molecular complexity index is 467. The molecule has 2 fully saturated rings. The minimum Gasteiger partial charge on any atom is -0.340 e. The fourth-order valence-corrected chi connectivity index (χ4v) is 3.59. The number of alkyl halides is 3. The van der Waals surface area contributed by atoms with Crippen LogP contribution in [0.4, 0.5) is 13.2 Å². The molecular formula is C15H24F3N3O2. The molecule has 0 aromatic carbocycles. The first-order chi connectivity index (χ1) is 10.6. The van der Waals surface area contributed by atoms with Crippen LogP contribution in [0.1, 0.15) is 19.8 Å². The monoisotopic (exact) mass is 335 g/mol. The van der Waals surface area contributed by atoms with Gasteiger partial charge in [-0.2, -0.15) is 13.2 Å². The Morgan fingerprint density at radius 3 is 2.39 bits per heavy atom. The quantitative estimate of drug-likeness (QED) is 0.775. The third-order valence-electron chi connectivity index (χ3n) is 4.84. The van der Waals surface area contributed by atoms with Crippen molar-refractivity contribution in [3.05, 3.63) is 0 Å². The van der Waals surface area contributed by atoms with E-state index in [1.807, 2.05) is 14.1 Å². The lowest BCUT2D eigenvalue weighted by Crippen LogP contribution is -2.40. The van der Waals surface area contributed by atoms with Gasteiger partial charge in [0, 0.05) is 32.1 Å². The van der Waals surface area contributed by atoms with Gasteiger partial charge in [0.05, 0.1) is 5.92 Å². The van der Waals surface area contributed by atoms with Gasteiger partial charge in [0.25, 0.3) is 0 Å². The second-order valence-electron chi connectivity index (χ2n) is 6.73. The fraction of sp³-hybridized carbons (Fsp3) is 0.867. The van der Waals surface area contributed by atoms with Crippen LogP contribution in [-0.2, 0) is 9.59 Å². The number of rotatable bonds is 4. The normalized spacial score (nSPS) is 29.0. The van der Waals surface area contributed by atoms with Gasteiger partial charge in [-0.15, -0.1) is 0 Å². The maximum Gasteiger partial charge on any atom is 0.406 e. The molecule has 0 aromatic heterocycles. The van der Waals surface area contributed by atoms with E-state index in [-0.39, 0.29) is 24.9 Å². The van der Waals surface area contributed by atoms with Crippen LogP contribution in [0.2, 0.25) is 0 Å². The van der Waals surface area contributed by atoms with Crippen molar-refractivity contribution in [3.63, 3.8) is 0 Å². The average Bonchev–Trinajstić information content (AvgIpc) is 3.01. The number of amides is 2. The molecule has 0 aromatic rings. The molecule has 2 aliphatic rings. The molecule has 3 unspecified atom stereocenters. The fourth-order valence-electron chi connectivity index (χ4n) is 3.59. The van der Waals surface area contributed by atoms with E-state index in [0.29, 0.717) is 19.0 Å². The van der Waals surface area contributed by atoms with E-state index >= 15 is 0 Å². The summed E-state index contributed by atoms with van der Waals surface area (Å²) in [6, 6.07) is 0.257. The lowest BCUT2D eigenvalue weighted by Gasteiger charge is -2.24. The first-order valence-corrected chi connectivity index (χ1v) is 7.92. The van der Waals surface area contributed by atoms with Crippen molar-refractivity contribution in [1.82, 2.24) is 14.7 Å². The maximum absolute atomic E-state index is 12.6. The zero-order valence-electron chi connectivity index (χ0n) is 13.8. The molecule has 3 atom stereocenters. The minimum atomic E-state index is -4.43. The summed E-state index contributed by atoms with van der Waals surface area (Å²) in [7, 11) is 3.93. The third kappa shape index (κ3) is 4.16. The predicted octanol–water partition coefficient (Wildman–Crippen LogP) is 1.20. The number of hydrogen-bond acceptors (Lipinski definition) is 3. The summed E-state index contributed by atoms with van der Waals surface area (Å²) in [6.45, 7) is 1.86. The highest BCUT2D eigenvalue weighted by Gasteiger charge is 2.44. The summed E-state index contributed by atoms with van der Waals surface area (Å²) in [4.78, 5) is 28.8. The predicted molar refractivity (Wildman–Crippen MR) is 78.6 cm³/mol. The molecule has 2 rings (SSSR count). The van der Waals surface area contributed by atoms with E-state index in [9.17, 15) is 22.8 Å². The molecule has 2 saturated heterocycles. The van der Waals surface area contributed by atoms with Crippen LogP contribution in [0.15, 0.2) is 0 Å². The summed E-state index contributed by atoms with van der Waals surface area (Å²) in [5.74, 6) is -1.07. The molecule has 0 saturated carbocycles. The molecule has 23 heavy (non-hydrogen) atoms. The van der Waals surface area contributed by atoms with Gasteiger partial charge in [-0.25, -0.2) is 0 Å². The van der Waals surface area contributed by atoms with Crippen LogP contribution >= 0.6 is 0 Å². The Morgan fingerprint density at radius 1 is 1.26 bits per heavy atom. The van der Waals surface area contributed by atoms with Crippen molar-refractivity contribution in [2.75, 3.05) is 40.3 Å². The highest BCUT2D eigenvalue weighted by molar-refractivity contribution is 5.89. The summed E-state index contributed by atoms with van der Waals surface area (Å²) in [6.07, 6.45) is -3.60. The van der Waals surface area contributed by atoms with E-state index in [1.165, 1.54) is 0 Å². The van der Waals surface area contributed by atoms with Crippen LogP contribution in [0.5, 0.6) is 0 Å². The molecule has 2 amide bonds. The Kier molecular flexibility index (Phi) is 5.23. The van der Waals surface area contributed by atoms with E-state index in [2.05, 4.69) is 11.8 Å². The van der Waals surface area contributed by atoms with Gasteiger partial charge in [0.1, 0.15) is 6.54 Å². The Balaban J connectivity index is 1.98. The molecule has 0 radical (unpaired) electrons. The molecule has 2 aliphatic heterocycles. The highest BCUT2D eigenvalue weighted by atomic mass is 19.4. The summed E-state index contributed by atoms with van der Waals surface area (Å²) < 4.78 is 37.4. The second kappa shape index (κ2) is 6.67. The van der Waals surface area contributed by atoms with Gasteiger partial charge in [-0.05, 0) is 20.0 Å². The standard InChI is InChI=1S/C15H24F3N3O2/c1-4-10-6-20(8-12(10)19(2)3)14(23)11-5-13(22)21(7-11)9-15(16,17)18/h10-12H,4-9H2,1-3H3. The lowest BCUT2D eigenvalue weighted by atomic mass is 10.0. The van der Waals surface area contributed by atoms with Gasteiger partial charge in [-0.1, -0.05) is 13.3 Å². The lowest BCUT2D eigenvalue weighted by molar-refractivity contribution is -0.157. The number of hydrogen-bond donors (Lipinski definition) is 0. The zero-order chi connectivity index (χ0) is 17.4. The van der Waals surface area contributed by atoms with Crippen LogP contribution < -0.4 is 0 Å². The van der Waals surface area contributed by atoms with Crippen LogP contribution in [0.25, 0.3) is 0 Å². The van der Waals surface area contributed by atoms with Crippen molar-refractivity contribution >= 4 is 11.8 Å². The van der Waals surface area contributed by atoms with Crippen molar-refractivity contribution < 1.29 is 22.8 Å². The van der Waals surface area contributed by atoms with E-state index in [1.54, 1.807) is 4.90 Å². The molecule has 0 N–H and O–H groups in total. The van der Waals surface area contributed by atoms with Gasteiger partial charge in [0.15, 0.2) is 0 Å². The summed E-state index contributed by atoms with van der Waals surface area (Å²) in [5.41, 5.74) is 0. The molecule has 5 nitrogen and oxygen atoms in total. The van der Waals surface area contributed by atoms with E-state index in [4.69, 9.17) is 0 Å². The topological polar surface area (TPSA) is 43.9 Å². The average molecular weight is 335 g/mol. The largest absolute Gasteiger partial charge is 0.406 e. The maximum atomic E-state index is 12.6. The number of likely N-dealkylation sites (N-methyl/N-ethyl adjacent to an activating group) is 1. The third-order valence-corrected chi connectivity index (χ3v) is 4.84. The molecule has 132 valence electrons. The molecule has 0 bridgehead atoms. The van der Waals surface area contributed by atoms with Crippen LogP contribution in [0, 0.1) is 11.8 Å². The van der Waals surface area contributed by atoms with Crippen molar-refractivity contribution in [2.45, 2.75) is 32.0 Å². The Labute approximate surface area is 134 Å². The molecule has 2 heterocycles. The van der Waals surface area contributed by atoms with E-state index < -0.39 is 24.5 Å². The molecule has 0 aliphatic carbocycles. The van der Waals surface area contributed by atoms with Gasteiger partial charge in [-0.3, -0.25) is 9.59 Å². The van der Waals surface area contributed by atoms with Gasteiger partial charge >= 0.3 is 6.18 Å². The first-order valence-electron chi connectivity index (χ1n) is 7.92. The van der Waals surface area contributed by atoms with Crippen LogP contribution in [0.3, 0.4) is 0 Å². The molecular weight excluding hydrogens is 311 g/mol. The van der Waals surface area contributed by atoms with Crippen molar-refractivity contribution in [2.24, 2.45) is 11.8 Å². The zero-order valence-corrected chi connectivity index (χ0v) is 13.8. The number of halogens is 3. The van der Waals surface area contributed by atoms with Crippen molar-refractivity contribution in [3.8, 4) is 0 Å². The van der Waals surface area contributed by atoms with E-state index in [0.717, 1.165) is 11.3 Å². The number of carbonyl (C=O) groups excluding carboxylic acids is 2. The highest BCUT2D eigenvalue weighted by Crippen LogP contribution is 2.29. The SMILES string of the molecule is CCC1CN(C(=O)C2CC(=O)N(CC(F)(F)F)C2)CC1N(C)C.